The molecule has 0 saturated carbocycles. The number of carboxylic acids is 1. The highest BCUT2D eigenvalue weighted by atomic mass is 16.4. The second kappa shape index (κ2) is 4.44. The molecule has 1 aromatic rings. The fourth-order valence-electron chi connectivity index (χ4n) is 1.66. The van der Waals surface area contributed by atoms with Crippen LogP contribution < -0.4 is 4.90 Å². The van der Waals surface area contributed by atoms with E-state index in [1.54, 1.807) is 12.4 Å². The summed E-state index contributed by atoms with van der Waals surface area (Å²) >= 11 is 0. The lowest BCUT2D eigenvalue weighted by atomic mass is 10.3. The normalized spacial score (nSPS) is 17.4. The number of hydrogen-bond acceptors (Lipinski definition) is 5. The number of piperazine rings is 1. The van der Waals surface area contributed by atoms with Gasteiger partial charge < -0.3 is 14.9 Å². The average molecular weight is 222 g/mol. The Labute approximate surface area is 93.5 Å². The van der Waals surface area contributed by atoms with E-state index >= 15 is 0 Å². The summed E-state index contributed by atoms with van der Waals surface area (Å²) in [6.45, 7) is 3.85. The molecule has 0 atom stereocenters. The van der Waals surface area contributed by atoms with E-state index in [-0.39, 0.29) is 5.82 Å². The highest BCUT2D eigenvalue weighted by molar-refractivity contribution is 5.83. The zero-order valence-corrected chi connectivity index (χ0v) is 9.13. The fraction of sp³-hybridized carbons (Fsp3) is 0.500. The number of likely N-dealkylation sites (N-methyl/N-ethyl adjacent to an activating group) is 1. The van der Waals surface area contributed by atoms with Crippen LogP contribution in [0.5, 0.6) is 0 Å². The molecule has 1 aliphatic rings. The molecule has 6 nitrogen and oxygen atoms in total. The first-order valence-electron chi connectivity index (χ1n) is 5.15. The summed E-state index contributed by atoms with van der Waals surface area (Å²) in [6.07, 6.45) is 3.14. The van der Waals surface area contributed by atoms with Gasteiger partial charge in [-0.3, -0.25) is 0 Å². The van der Waals surface area contributed by atoms with Crippen molar-refractivity contribution in [3.63, 3.8) is 0 Å². The Morgan fingerprint density at radius 2 is 1.81 bits per heavy atom. The Kier molecular flexibility index (Phi) is 3.00. The molecule has 0 bridgehead atoms. The van der Waals surface area contributed by atoms with Crippen LogP contribution in [0.25, 0.3) is 0 Å². The molecular weight excluding hydrogens is 208 g/mol. The zero-order valence-electron chi connectivity index (χ0n) is 9.13. The predicted octanol–water partition coefficient (Wildman–Crippen LogP) is -0.0734. The zero-order chi connectivity index (χ0) is 11.5. The summed E-state index contributed by atoms with van der Waals surface area (Å²) in [7, 11) is 2.08. The van der Waals surface area contributed by atoms with Gasteiger partial charge in [-0.05, 0) is 7.05 Å². The summed E-state index contributed by atoms with van der Waals surface area (Å²) in [6, 6.07) is 0. The lowest BCUT2D eigenvalue weighted by molar-refractivity contribution is 0.0683. The maximum Gasteiger partial charge on any atom is 0.373 e. The highest BCUT2D eigenvalue weighted by Crippen LogP contribution is 2.13. The first kappa shape index (κ1) is 10.8. The molecular formula is C10H14N4O2. The Morgan fingerprint density at radius 3 is 2.31 bits per heavy atom. The van der Waals surface area contributed by atoms with E-state index in [0.717, 1.165) is 31.9 Å². The van der Waals surface area contributed by atoms with E-state index in [1.807, 2.05) is 0 Å². The molecule has 1 N–H and O–H groups in total. The maximum atomic E-state index is 10.6. The van der Waals surface area contributed by atoms with Crippen LogP contribution in [0, 0.1) is 0 Å². The van der Waals surface area contributed by atoms with Crippen LogP contribution in [-0.2, 0) is 0 Å². The van der Waals surface area contributed by atoms with Gasteiger partial charge in [0.15, 0.2) is 0 Å². The number of carbonyl (C=O) groups is 1. The summed E-state index contributed by atoms with van der Waals surface area (Å²) in [4.78, 5) is 22.6. The molecule has 1 aliphatic heterocycles. The van der Waals surface area contributed by atoms with Crippen molar-refractivity contribution in [2.75, 3.05) is 38.1 Å². The van der Waals surface area contributed by atoms with Crippen molar-refractivity contribution in [3.8, 4) is 0 Å². The molecule has 6 heteroatoms. The Balaban J connectivity index is 2.07. The third-order valence-corrected chi connectivity index (χ3v) is 2.70. The highest BCUT2D eigenvalue weighted by Gasteiger charge is 2.15. The van der Waals surface area contributed by atoms with Crippen molar-refractivity contribution in [3.05, 3.63) is 18.2 Å². The van der Waals surface area contributed by atoms with Crippen LogP contribution >= 0.6 is 0 Å². The van der Waals surface area contributed by atoms with Gasteiger partial charge in [-0.25, -0.2) is 14.8 Å². The minimum Gasteiger partial charge on any atom is -0.475 e. The fourth-order valence-corrected chi connectivity index (χ4v) is 1.66. The molecule has 1 aromatic heterocycles. The van der Waals surface area contributed by atoms with Crippen LogP contribution in [0.1, 0.15) is 10.6 Å². The van der Waals surface area contributed by atoms with Crippen LogP contribution in [0.4, 0.5) is 5.69 Å². The molecule has 2 heterocycles. The van der Waals surface area contributed by atoms with E-state index in [2.05, 4.69) is 26.8 Å². The van der Waals surface area contributed by atoms with Crippen molar-refractivity contribution in [1.82, 2.24) is 14.9 Å². The van der Waals surface area contributed by atoms with E-state index in [4.69, 9.17) is 5.11 Å². The second-order valence-electron chi connectivity index (χ2n) is 3.86. The second-order valence-corrected chi connectivity index (χ2v) is 3.86. The molecule has 0 unspecified atom stereocenters. The molecule has 1 saturated heterocycles. The van der Waals surface area contributed by atoms with Crippen molar-refractivity contribution in [1.29, 1.82) is 0 Å². The van der Waals surface area contributed by atoms with Gasteiger partial charge >= 0.3 is 5.97 Å². The number of aromatic nitrogens is 2. The monoisotopic (exact) mass is 222 g/mol. The molecule has 2 rings (SSSR count). The maximum absolute atomic E-state index is 10.6. The predicted molar refractivity (Wildman–Crippen MR) is 58.7 cm³/mol. The number of rotatable bonds is 2. The van der Waals surface area contributed by atoms with Gasteiger partial charge in [0.25, 0.3) is 0 Å². The first-order valence-corrected chi connectivity index (χ1v) is 5.15. The van der Waals surface area contributed by atoms with E-state index in [9.17, 15) is 4.79 Å². The van der Waals surface area contributed by atoms with Crippen molar-refractivity contribution < 1.29 is 9.90 Å². The number of nitrogens with zero attached hydrogens (tertiary/aromatic N) is 4. The van der Waals surface area contributed by atoms with Crippen LogP contribution in [0.15, 0.2) is 12.4 Å². The van der Waals surface area contributed by atoms with Gasteiger partial charge in [0, 0.05) is 26.2 Å². The summed E-state index contributed by atoms with van der Waals surface area (Å²) < 4.78 is 0. The smallest absolute Gasteiger partial charge is 0.373 e. The minimum atomic E-state index is -1.09. The van der Waals surface area contributed by atoms with Gasteiger partial charge in [-0.2, -0.15) is 0 Å². The summed E-state index contributed by atoms with van der Waals surface area (Å²) in [5.41, 5.74) is 0.887. The van der Waals surface area contributed by atoms with Crippen molar-refractivity contribution in [2.24, 2.45) is 0 Å². The number of carboxylic acid groups (broad SMARTS) is 1. The Morgan fingerprint density at radius 1 is 1.25 bits per heavy atom. The minimum absolute atomic E-state index is 0.155. The molecule has 0 radical (unpaired) electrons. The topological polar surface area (TPSA) is 69.6 Å². The van der Waals surface area contributed by atoms with Crippen molar-refractivity contribution in [2.45, 2.75) is 0 Å². The number of anilines is 1. The van der Waals surface area contributed by atoms with Gasteiger partial charge in [0.2, 0.25) is 5.82 Å². The number of hydrogen-bond donors (Lipinski definition) is 1. The lowest BCUT2D eigenvalue weighted by Gasteiger charge is -2.33. The molecule has 0 spiro atoms. The molecule has 16 heavy (non-hydrogen) atoms. The molecule has 0 aromatic carbocycles. The quantitative estimate of drug-likeness (QED) is 0.755. The SMILES string of the molecule is CN1CCN(c2cnc(C(=O)O)nc2)CC1. The first-order chi connectivity index (χ1) is 7.66. The molecule has 86 valence electrons. The van der Waals surface area contributed by atoms with Crippen LogP contribution in [-0.4, -0.2) is 59.2 Å². The lowest BCUT2D eigenvalue weighted by Crippen LogP contribution is -2.44. The number of aromatic carboxylic acids is 1. The summed E-state index contributed by atoms with van der Waals surface area (Å²) in [5.74, 6) is -1.25. The van der Waals surface area contributed by atoms with E-state index < -0.39 is 5.97 Å². The molecule has 1 fully saturated rings. The average Bonchev–Trinajstić information content (AvgIpc) is 2.30. The van der Waals surface area contributed by atoms with Crippen LogP contribution in [0.2, 0.25) is 0 Å². The van der Waals surface area contributed by atoms with E-state index in [1.165, 1.54) is 0 Å². The van der Waals surface area contributed by atoms with E-state index in [0.29, 0.717) is 0 Å². The third kappa shape index (κ3) is 2.27. The largest absolute Gasteiger partial charge is 0.475 e. The van der Waals surface area contributed by atoms with Gasteiger partial charge in [0.05, 0.1) is 18.1 Å². The molecule has 0 amide bonds. The molecule has 0 aliphatic carbocycles. The van der Waals surface area contributed by atoms with Gasteiger partial charge in [-0.1, -0.05) is 0 Å². The van der Waals surface area contributed by atoms with Gasteiger partial charge in [0.1, 0.15) is 0 Å². The third-order valence-electron chi connectivity index (χ3n) is 2.70. The standard InChI is InChI=1S/C10H14N4O2/c1-13-2-4-14(5-3-13)8-6-11-9(10(15)16)12-7-8/h6-7H,2-5H2,1H3,(H,15,16). The van der Waals surface area contributed by atoms with Crippen LogP contribution in [0.3, 0.4) is 0 Å². The Hall–Kier alpha value is -1.69. The van der Waals surface area contributed by atoms with Crippen molar-refractivity contribution >= 4 is 11.7 Å². The Bertz CT molecular complexity index is 371. The summed E-state index contributed by atoms with van der Waals surface area (Å²) in [5, 5.41) is 8.68. The van der Waals surface area contributed by atoms with Gasteiger partial charge in [-0.15, -0.1) is 0 Å².